The number of sulfone groups is 1. The Hall–Kier alpha value is -2.13. The third-order valence-corrected chi connectivity index (χ3v) is 5.57. The van der Waals surface area contributed by atoms with Gasteiger partial charge in [0.15, 0.2) is 0 Å². The van der Waals surface area contributed by atoms with Crippen molar-refractivity contribution in [2.45, 2.75) is 58.8 Å². The van der Waals surface area contributed by atoms with Crippen molar-refractivity contribution in [1.82, 2.24) is 15.5 Å². The monoisotopic (exact) mass is 441 g/mol. The van der Waals surface area contributed by atoms with E-state index in [4.69, 9.17) is 4.74 Å². The molecule has 2 N–H and O–H groups in total. The van der Waals surface area contributed by atoms with Gasteiger partial charge in [-0.25, -0.2) is 13.2 Å². The van der Waals surface area contributed by atoms with Crippen LogP contribution in [0.1, 0.15) is 39.7 Å². The average Bonchev–Trinajstić information content (AvgIpc) is 2.66. The Bertz CT molecular complexity index is 758. The lowest BCUT2D eigenvalue weighted by Crippen LogP contribution is -2.50. The second-order valence-electron chi connectivity index (χ2n) is 7.89. The Balaban J connectivity index is 2.64. The summed E-state index contributed by atoms with van der Waals surface area (Å²) in [7, 11) is -3.28. The summed E-state index contributed by atoms with van der Waals surface area (Å²) >= 11 is 0. The highest BCUT2D eigenvalue weighted by molar-refractivity contribution is 7.90. The molecule has 8 nitrogen and oxygen atoms in total. The average molecular weight is 442 g/mol. The van der Waals surface area contributed by atoms with E-state index in [1.165, 1.54) is 0 Å². The van der Waals surface area contributed by atoms with Gasteiger partial charge in [-0.2, -0.15) is 0 Å². The van der Waals surface area contributed by atoms with Crippen LogP contribution >= 0.6 is 0 Å². The van der Waals surface area contributed by atoms with Gasteiger partial charge in [-0.1, -0.05) is 30.3 Å². The summed E-state index contributed by atoms with van der Waals surface area (Å²) in [6.45, 7) is 9.44. The number of amides is 2. The van der Waals surface area contributed by atoms with E-state index in [9.17, 15) is 18.0 Å². The fourth-order valence-corrected chi connectivity index (χ4v) is 3.72. The number of nitrogens with one attached hydrogen (secondary N) is 2. The normalized spacial score (nSPS) is 12.8. The summed E-state index contributed by atoms with van der Waals surface area (Å²) in [5.74, 6) is -0.642. The third kappa shape index (κ3) is 10.6. The van der Waals surface area contributed by atoms with Crippen LogP contribution in [0.5, 0.6) is 0 Å². The van der Waals surface area contributed by atoms with Crippen molar-refractivity contribution in [3.63, 3.8) is 0 Å². The Kier molecular flexibility index (Phi) is 10.8. The van der Waals surface area contributed by atoms with E-state index in [2.05, 4.69) is 43.2 Å². The van der Waals surface area contributed by atoms with Crippen LogP contribution in [-0.2, 0) is 26.0 Å². The van der Waals surface area contributed by atoms with E-state index >= 15 is 0 Å². The summed E-state index contributed by atoms with van der Waals surface area (Å²) in [4.78, 5) is 27.0. The molecule has 0 aliphatic rings. The van der Waals surface area contributed by atoms with Crippen molar-refractivity contribution in [2.24, 2.45) is 0 Å². The highest BCUT2D eigenvalue weighted by atomic mass is 32.2. The Morgan fingerprint density at radius 2 is 1.67 bits per heavy atom. The number of carbonyl (C=O) groups is 2. The summed E-state index contributed by atoms with van der Waals surface area (Å²) in [6.07, 6.45) is 0.306. The first-order valence-corrected chi connectivity index (χ1v) is 12.2. The molecule has 0 radical (unpaired) electrons. The zero-order valence-corrected chi connectivity index (χ0v) is 19.4. The van der Waals surface area contributed by atoms with Crippen LogP contribution in [0.3, 0.4) is 0 Å². The standard InChI is InChI=1S/C21H35N3O5S/c1-16(2)24(17(3)4)13-12-22-20(25)19(11-14-30(5,27)28)23-21(26)29-15-18-9-7-6-8-10-18/h6-10,16-17,19H,11-15H2,1-5H3,(H,22,25)(H,23,26). The predicted molar refractivity (Wildman–Crippen MR) is 118 cm³/mol. The van der Waals surface area contributed by atoms with E-state index in [0.29, 0.717) is 25.2 Å². The van der Waals surface area contributed by atoms with Crippen molar-refractivity contribution < 1.29 is 22.7 Å². The maximum Gasteiger partial charge on any atom is 0.408 e. The number of alkyl carbamates (subject to hydrolysis) is 1. The van der Waals surface area contributed by atoms with Gasteiger partial charge in [-0.3, -0.25) is 9.69 Å². The molecule has 0 aromatic heterocycles. The lowest BCUT2D eigenvalue weighted by molar-refractivity contribution is -0.123. The van der Waals surface area contributed by atoms with Crippen LogP contribution in [0.25, 0.3) is 0 Å². The molecule has 0 spiro atoms. The molecule has 170 valence electrons. The van der Waals surface area contributed by atoms with Gasteiger partial charge in [-0.15, -0.1) is 0 Å². The molecule has 1 aromatic carbocycles. The van der Waals surface area contributed by atoms with E-state index in [0.717, 1.165) is 11.8 Å². The van der Waals surface area contributed by atoms with Gasteiger partial charge < -0.3 is 15.4 Å². The number of carbonyl (C=O) groups excluding carboxylic acids is 2. The van der Waals surface area contributed by atoms with Crippen LogP contribution in [0.15, 0.2) is 30.3 Å². The molecule has 1 rings (SSSR count). The Labute approximate surface area is 180 Å². The van der Waals surface area contributed by atoms with Crippen molar-refractivity contribution in [1.29, 1.82) is 0 Å². The fraction of sp³-hybridized carbons (Fsp3) is 0.619. The highest BCUT2D eigenvalue weighted by Crippen LogP contribution is 2.05. The van der Waals surface area contributed by atoms with Gasteiger partial charge in [0.1, 0.15) is 22.5 Å². The van der Waals surface area contributed by atoms with Gasteiger partial charge >= 0.3 is 6.09 Å². The second kappa shape index (κ2) is 12.5. The molecule has 0 fully saturated rings. The number of nitrogens with zero attached hydrogens (tertiary/aromatic N) is 1. The molecule has 0 heterocycles. The molecule has 1 unspecified atom stereocenters. The minimum atomic E-state index is -3.28. The molecule has 0 bridgehead atoms. The van der Waals surface area contributed by atoms with Gasteiger partial charge in [0.2, 0.25) is 5.91 Å². The topological polar surface area (TPSA) is 105 Å². The number of hydrogen-bond acceptors (Lipinski definition) is 6. The van der Waals surface area contributed by atoms with E-state index in [-0.39, 0.29) is 18.8 Å². The van der Waals surface area contributed by atoms with Crippen LogP contribution < -0.4 is 10.6 Å². The highest BCUT2D eigenvalue weighted by Gasteiger charge is 2.23. The van der Waals surface area contributed by atoms with Gasteiger partial charge in [-0.05, 0) is 39.7 Å². The summed E-state index contributed by atoms with van der Waals surface area (Å²) < 4.78 is 28.2. The lowest BCUT2D eigenvalue weighted by atomic mass is 10.2. The van der Waals surface area contributed by atoms with Crippen molar-refractivity contribution >= 4 is 21.8 Å². The quantitative estimate of drug-likeness (QED) is 0.514. The molecular weight excluding hydrogens is 406 g/mol. The SMILES string of the molecule is CC(C)N(CCNC(=O)C(CCS(C)(=O)=O)NC(=O)OCc1ccccc1)C(C)C. The minimum Gasteiger partial charge on any atom is -0.445 e. The second-order valence-corrected chi connectivity index (χ2v) is 10.2. The molecule has 2 amide bonds. The molecular formula is C21H35N3O5S. The molecule has 0 aliphatic heterocycles. The number of hydrogen-bond donors (Lipinski definition) is 2. The maximum atomic E-state index is 12.6. The first-order valence-electron chi connectivity index (χ1n) is 10.2. The van der Waals surface area contributed by atoms with E-state index < -0.39 is 27.9 Å². The van der Waals surface area contributed by atoms with Crippen LogP contribution in [-0.4, -0.2) is 68.5 Å². The zero-order valence-electron chi connectivity index (χ0n) is 18.6. The molecule has 0 aliphatic carbocycles. The number of benzene rings is 1. The van der Waals surface area contributed by atoms with Gasteiger partial charge in [0, 0.05) is 31.4 Å². The lowest BCUT2D eigenvalue weighted by Gasteiger charge is -2.30. The van der Waals surface area contributed by atoms with Crippen molar-refractivity contribution in [3.8, 4) is 0 Å². The van der Waals surface area contributed by atoms with Crippen molar-refractivity contribution in [2.75, 3.05) is 25.1 Å². The van der Waals surface area contributed by atoms with Crippen molar-refractivity contribution in [3.05, 3.63) is 35.9 Å². The maximum absolute atomic E-state index is 12.6. The molecule has 1 aromatic rings. The van der Waals surface area contributed by atoms with E-state index in [1.54, 1.807) is 0 Å². The molecule has 1 atom stereocenters. The smallest absolute Gasteiger partial charge is 0.408 e. The zero-order chi connectivity index (χ0) is 22.7. The van der Waals surface area contributed by atoms with Crippen LogP contribution in [0.4, 0.5) is 4.79 Å². The summed E-state index contributed by atoms with van der Waals surface area (Å²) in [5.41, 5.74) is 0.812. The largest absolute Gasteiger partial charge is 0.445 e. The first-order chi connectivity index (χ1) is 14.0. The molecule has 9 heteroatoms. The van der Waals surface area contributed by atoms with Gasteiger partial charge in [0.25, 0.3) is 0 Å². The Morgan fingerprint density at radius 1 is 1.07 bits per heavy atom. The third-order valence-electron chi connectivity index (χ3n) is 4.59. The molecule has 0 saturated heterocycles. The predicted octanol–water partition coefficient (Wildman–Crippen LogP) is 1.95. The molecule has 30 heavy (non-hydrogen) atoms. The van der Waals surface area contributed by atoms with E-state index in [1.807, 2.05) is 30.3 Å². The summed E-state index contributed by atoms with van der Waals surface area (Å²) in [6, 6.07) is 8.81. The first kappa shape index (κ1) is 25.9. The number of rotatable bonds is 12. The minimum absolute atomic E-state index is 0.0246. The summed E-state index contributed by atoms with van der Waals surface area (Å²) in [5, 5.41) is 5.28. The Morgan fingerprint density at radius 3 is 2.20 bits per heavy atom. The fourth-order valence-electron chi connectivity index (χ4n) is 3.05. The van der Waals surface area contributed by atoms with Crippen LogP contribution in [0, 0.1) is 0 Å². The number of ether oxygens (including phenoxy) is 1. The van der Waals surface area contributed by atoms with Gasteiger partial charge in [0.05, 0.1) is 5.75 Å². The molecule has 0 saturated carbocycles. The van der Waals surface area contributed by atoms with Crippen LogP contribution in [0.2, 0.25) is 0 Å².